The van der Waals surface area contributed by atoms with E-state index in [0.717, 1.165) is 0 Å². The average Bonchev–Trinajstić information content (AvgIpc) is 2.75. The van der Waals surface area contributed by atoms with Gasteiger partial charge in [-0.3, -0.25) is 4.79 Å². The second-order valence-electron chi connectivity index (χ2n) is 4.34. The number of aromatic carboxylic acids is 1. The molecule has 0 aliphatic carbocycles. The van der Waals surface area contributed by atoms with Crippen LogP contribution in [0.2, 0.25) is 0 Å². The lowest BCUT2D eigenvalue weighted by molar-refractivity contribution is -0.117. The summed E-state index contributed by atoms with van der Waals surface area (Å²) in [4.78, 5) is 24.6. The van der Waals surface area contributed by atoms with Crippen LogP contribution in [0.25, 0.3) is 0 Å². The normalized spacial score (nSPS) is 18.2. The van der Waals surface area contributed by atoms with E-state index in [1.807, 2.05) is 0 Å². The van der Waals surface area contributed by atoms with Crippen molar-refractivity contribution in [1.29, 1.82) is 0 Å². The van der Waals surface area contributed by atoms with Gasteiger partial charge in [-0.05, 0) is 0 Å². The maximum atomic E-state index is 11.9. The predicted octanol–water partition coefficient (Wildman–Crippen LogP) is 1.75. The quantitative estimate of drug-likeness (QED) is 0.857. The lowest BCUT2D eigenvalue weighted by atomic mass is 10.1. The van der Waals surface area contributed by atoms with Crippen LogP contribution in [-0.2, 0) is 4.79 Å². The zero-order valence-corrected chi connectivity index (χ0v) is 11.8. The van der Waals surface area contributed by atoms with Crippen LogP contribution in [0.1, 0.15) is 16.8 Å². The highest BCUT2D eigenvalue weighted by Gasteiger charge is 2.32. The van der Waals surface area contributed by atoms with Gasteiger partial charge in [-0.2, -0.15) is 0 Å². The highest BCUT2D eigenvalue weighted by Crippen LogP contribution is 2.37. The zero-order chi connectivity index (χ0) is 14.9. The third-order valence-corrected chi connectivity index (χ3v) is 3.39. The molecule has 1 unspecified atom stereocenters. The molecule has 2 rings (SSSR count). The fourth-order valence-electron chi connectivity index (χ4n) is 2.16. The monoisotopic (exact) mass is 299 g/mol. The van der Waals surface area contributed by atoms with Crippen molar-refractivity contribution in [2.24, 2.45) is 0 Å². The van der Waals surface area contributed by atoms with E-state index in [0.29, 0.717) is 11.5 Å². The second-order valence-corrected chi connectivity index (χ2v) is 4.95. The maximum absolute atomic E-state index is 11.9. The Morgan fingerprint density at radius 2 is 1.95 bits per heavy atom. The Morgan fingerprint density at radius 3 is 2.40 bits per heavy atom. The Labute approximate surface area is 120 Å². The van der Waals surface area contributed by atoms with Gasteiger partial charge < -0.3 is 19.5 Å². The van der Waals surface area contributed by atoms with Crippen LogP contribution in [0.5, 0.6) is 11.5 Å². The van der Waals surface area contributed by atoms with Crippen LogP contribution >= 0.6 is 11.6 Å². The number of carbonyl (C=O) groups excluding carboxylic acids is 1. The van der Waals surface area contributed by atoms with Gasteiger partial charge in [-0.1, -0.05) is 0 Å². The smallest absolute Gasteiger partial charge is 0.337 e. The molecule has 20 heavy (non-hydrogen) atoms. The Morgan fingerprint density at radius 1 is 1.35 bits per heavy atom. The van der Waals surface area contributed by atoms with Crippen molar-refractivity contribution < 1.29 is 24.2 Å². The fourth-order valence-corrected chi connectivity index (χ4v) is 2.43. The first-order chi connectivity index (χ1) is 9.47. The summed E-state index contributed by atoms with van der Waals surface area (Å²) in [7, 11) is 2.86. The van der Waals surface area contributed by atoms with Gasteiger partial charge in [0.05, 0.1) is 30.8 Å². The minimum Gasteiger partial charge on any atom is -0.493 e. The third kappa shape index (κ3) is 2.51. The number of methoxy groups -OCH3 is 2. The fraction of sp³-hybridized carbons (Fsp3) is 0.385. The predicted molar refractivity (Wildman–Crippen MR) is 73.1 cm³/mol. The number of amides is 1. The van der Waals surface area contributed by atoms with Crippen molar-refractivity contribution in [1.82, 2.24) is 0 Å². The van der Waals surface area contributed by atoms with Crippen molar-refractivity contribution in [2.75, 3.05) is 25.7 Å². The number of anilines is 1. The molecule has 1 aromatic rings. The number of carbonyl (C=O) groups is 2. The molecule has 1 aliphatic heterocycles. The number of hydrogen-bond acceptors (Lipinski definition) is 4. The number of carboxylic acid groups (broad SMARTS) is 1. The number of halogens is 1. The number of benzene rings is 1. The zero-order valence-electron chi connectivity index (χ0n) is 11.1. The van der Waals surface area contributed by atoms with Gasteiger partial charge >= 0.3 is 5.97 Å². The SMILES string of the molecule is COc1cc(C(=O)O)c(N2CC(Cl)CC2=O)cc1OC. The van der Waals surface area contributed by atoms with Gasteiger partial charge in [0.2, 0.25) is 5.91 Å². The Balaban J connectivity index is 2.55. The first-order valence-electron chi connectivity index (χ1n) is 5.91. The molecular formula is C13H14ClNO5. The van der Waals surface area contributed by atoms with Crippen LogP contribution < -0.4 is 14.4 Å². The second kappa shape index (κ2) is 5.58. The summed E-state index contributed by atoms with van der Waals surface area (Å²) in [6.45, 7) is 0.274. The molecule has 1 aromatic carbocycles. The molecule has 1 amide bonds. The van der Waals surface area contributed by atoms with Gasteiger partial charge in [0.1, 0.15) is 0 Å². The lowest BCUT2D eigenvalue weighted by Crippen LogP contribution is -2.26. The van der Waals surface area contributed by atoms with Crippen molar-refractivity contribution in [3.8, 4) is 11.5 Å². The van der Waals surface area contributed by atoms with Crippen molar-refractivity contribution >= 4 is 29.2 Å². The van der Waals surface area contributed by atoms with Gasteiger partial charge in [0, 0.05) is 25.1 Å². The van der Waals surface area contributed by atoms with E-state index in [2.05, 4.69) is 0 Å². The van der Waals surface area contributed by atoms with E-state index in [-0.39, 0.29) is 35.5 Å². The van der Waals surface area contributed by atoms with E-state index in [1.54, 1.807) is 0 Å². The van der Waals surface area contributed by atoms with E-state index >= 15 is 0 Å². The standard InChI is InChI=1S/C13H14ClNO5/c1-19-10-4-8(13(17)18)9(5-11(10)20-2)15-6-7(14)3-12(15)16/h4-5,7H,3,6H2,1-2H3,(H,17,18). The highest BCUT2D eigenvalue weighted by molar-refractivity contribution is 6.24. The van der Waals surface area contributed by atoms with E-state index in [1.165, 1.54) is 31.3 Å². The first kappa shape index (κ1) is 14.5. The molecule has 0 saturated carbocycles. The molecular weight excluding hydrogens is 286 g/mol. The third-order valence-electron chi connectivity index (χ3n) is 3.10. The topological polar surface area (TPSA) is 76.1 Å². The number of nitrogens with zero attached hydrogens (tertiary/aromatic N) is 1. The Hall–Kier alpha value is -1.95. The molecule has 0 spiro atoms. The van der Waals surface area contributed by atoms with Crippen molar-refractivity contribution in [3.05, 3.63) is 17.7 Å². The number of alkyl halides is 1. The van der Waals surface area contributed by atoms with E-state index < -0.39 is 5.97 Å². The molecule has 1 saturated heterocycles. The van der Waals surface area contributed by atoms with Crippen LogP contribution in [0.15, 0.2) is 12.1 Å². The first-order valence-corrected chi connectivity index (χ1v) is 6.35. The van der Waals surface area contributed by atoms with Crippen molar-refractivity contribution in [2.45, 2.75) is 11.8 Å². The van der Waals surface area contributed by atoms with Crippen LogP contribution in [0.4, 0.5) is 5.69 Å². The largest absolute Gasteiger partial charge is 0.493 e. The van der Waals surface area contributed by atoms with Crippen LogP contribution in [0.3, 0.4) is 0 Å². The van der Waals surface area contributed by atoms with E-state index in [4.69, 9.17) is 21.1 Å². The molecule has 108 valence electrons. The summed E-state index contributed by atoms with van der Waals surface area (Å²) in [5.41, 5.74) is 0.241. The summed E-state index contributed by atoms with van der Waals surface area (Å²) in [6.07, 6.45) is 0.189. The highest BCUT2D eigenvalue weighted by atomic mass is 35.5. The molecule has 1 heterocycles. The Bertz CT molecular complexity index is 560. The summed E-state index contributed by atoms with van der Waals surface area (Å²) in [5, 5.41) is 8.97. The number of hydrogen-bond donors (Lipinski definition) is 1. The number of rotatable bonds is 4. The molecule has 1 N–H and O–H groups in total. The molecule has 1 aliphatic rings. The van der Waals surface area contributed by atoms with Gasteiger partial charge in [-0.15, -0.1) is 11.6 Å². The van der Waals surface area contributed by atoms with Crippen LogP contribution in [-0.4, -0.2) is 43.1 Å². The molecule has 0 aromatic heterocycles. The Kier molecular flexibility index (Phi) is 4.04. The number of ether oxygens (including phenoxy) is 2. The van der Waals surface area contributed by atoms with Gasteiger partial charge in [0.15, 0.2) is 11.5 Å². The molecule has 1 atom stereocenters. The average molecular weight is 300 g/mol. The minimum absolute atomic E-state index is 0.0261. The van der Waals surface area contributed by atoms with E-state index in [9.17, 15) is 14.7 Å². The molecule has 0 radical (unpaired) electrons. The summed E-state index contributed by atoms with van der Waals surface area (Å²) in [6, 6.07) is 2.82. The molecule has 7 heteroatoms. The van der Waals surface area contributed by atoms with Gasteiger partial charge in [-0.25, -0.2) is 4.79 Å². The summed E-state index contributed by atoms with van der Waals surface area (Å²) in [5.74, 6) is -0.701. The minimum atomic E-state index is -1.15. The summed E-state index contributed by atoms with van der Waals surface area (Å²) < 4.78 is 10.2. The molecule has 1 fully saturated rings. The molecule has 0 bridgehead atoms. The summed E-state index contributed by atoms with van der Waals surface area (Å²) >= 11 is 5.95. The number of carboxylic acids is 1. The lowest BCUT2D eigenvalue weighted by Gasteiger charge is -2.20. The van der Waals surface area contributed by atoms with Gasteiger partial charge in [0.25, 0.3) is 0 Å². The maximum Gasteiger partial charge on any atom is 0.337 e. The van der Waals surface area contributed by atoms with Crippen molar-refractivity contribution in [3.63, 3.8) is 0 Å². The van der Waals surface area contributed by atoms with Crippen LogP contribution in [0, 0.1) is 0 Å². The molecule has 6 nitrogen and oxygen atoms in total.